The van der Waals surface area contributed by atoms with Gasteiger partial charge in [-0.2, -0.15) is 0 Å². The molecule has 0 radical (unpaired) electrons. The number of methoxy groups -OCH3 is 1. The molecule has 2 heterocycles. The molecule has 128 valence electrons. The van der Waals surface area contributed by atoms with Crippen LogP contribution in [-0.4, -0.2) is 24.0 Å². The highest BCUT2D eigenvalue weighted by Crippen LogP contribution is 2.24. The lowest BCUT2D eigenvalue weighted by Crippen LogP contribution is -2.13. The zero-order valence-electron chi connectivity index (χ0n) is 13.7. The van der Waals surface area contributed by atoms with E-state index in [1.165, 1.54) is 18.4 Å². The van der Waals surface area contributed by atoms with E-state index in [4.69, 9.17) is 0 Å². The largest absolute Gasteiger partial charge is 0.465 e. The fraction of sp³-hybridized carbons (Fsp3) is 0.167. The first-order chi connectivity index (χ1) is 12.0. The van der Waals surface area contributed by atoms with E-state index in [0.717, 1.165) is 21.8 Å². The number of hydrogen-bond acceptors (Lipinski definition) is 6. The number of hydrogen-bond donors (Lipinski definition) is 1. The predicted molar refractivity (Wildman–Crippen MR) is 100 cm³/mol. The maximum absolute atomic E-state index is 12.2. The van der Waals surface area contributed by atoms with Gasteiger partial charge < -0.3 is 10.1 Å². The van der Waals surface area contributed by atoms with Crippen LogP contribution >= 0.6 is 22.7 Å². The molecule has 5 nitrogen and oxygen atoms in total. The molecule has 1 N–H and O–H groups in total. The van der Waals surface area contributed by atoms with Gasteiger partial charge in [-0.05, 0) is 24.6 Å². The van der Waals surface area contributed by atoms with Gasteiger partial charge in [-0.1, -0.05) is 24.3 Å². The predicted octanol–water partition coefficient (Wildman–Crippen LogP) is 4.15. The summed E-state index contributed by atoms with van der Waals surface area (Å²) in [6, 6.07) is 11.1. The first-order valence-electron chi connectivity index (χ1n) is 7.54. The maximum atomic E-state index is 12.2. The Labute approximate surface area is 153 Å². The molecule has 0 aliphatic rings. The SMILES string of the molecule is COC(=O)c1ccc(NC(=O)Cc2ccc(-c3csc(C)n3)cc2)s1. The van der Waals surface area contributed by atoms with Crippen molar-refractivity contribution >= 4 is 39.6 Å². The van der Waals surface area contributed by atoms with Crippen molar-refractivity contribution in [2.45, 2.75) is 13.3 Å². The molecule has 1 amide bonds. The number of carbonyl (C=O) groups is 2. The Hall–Kier alpha value is -2.51. The summed E-state index contributed by atoms with van der Waals surface area (Å²) in [6.45, 7) is 1.98. The lowest BCUT2D eigenvalue weighted by Gasteiger charge is -2.04. The Kier molecular flexibility index (Phi) is 5.25. The van der Waals surface area contributed by atoms with E-state index in [2.05, 4.69) is 15.0 Å². The molecule has 25 heavy (non-hydrogen) atoms. The fourth-order valence-corrected chi connectivity index (χ4v) is 3.73. The first-order valence-corrected chi connectivity index (χ1v) is 9.24. The van der Waals surface area contributed by atoms with Gasteiger partial charge in [0.1, 0.15) is 4.88 Å². The summed E-state index contributed by atoms with van der Waals surface area (Å²) in [5, 5.41) is 6.47. The number of thiazole rings is 1. The third kappa shape index (κ3) is 4.32. The van der Waals surface area contributed by atoms with Crippen molar-refractivity contribution in [3.63, 3.8) is 0 Å². The molecule has 3 aromatic rings. The standard InChI is InChI=1S/C18H16N2O3S2/c1-11-19-14(10-24-11)13-5-3-12(4-6-13)9-16(21)20-17-8-7-15(25-17)18(22)23-2/h3-8,10H,9H2,1-2H3,(H,20,21). The quantitative estimate of drug-likeness (QED) is 0.683. The minimum Gasteiger partial charge on any atom is -0.465 e. The molecule has 0 aliphatic heterocycles. The van der Waals surface area contributed by atoms with Crippen LogP contribution in [0.5, 0.6) is 0 Å². The lowest BCUT2D eigenvalue weighted by molar-refractivity contribution is -0.115. The van der Waals surface area contributed by atoms with Gasteiger partial charge in [-0.25, -0.2) is 9.78 Å². The zero-order valence-corrected chi connectivity index (χ0v) is 15.4. The average molecular weight is 372 g/mol. The number of nitrogens with one attached hydrogen (secondary N) is 1. The lowest BCUT2D eigenvalue weighted by atomic mass is 10.1. The van der Waals surface area contributed by atoms with Crippen LogP contribution < -0.4 is 5.32 Å². The molecule has 1 aromatic carbocycles. The van der Waals surface area contributed by atoms with Crippen molar-refractivity contribution in [1.29, 1.82) is 0 Å². The number of ether oxygens (including phenoxy) is 1. The van der Waals surface area contributed by atoms with E-state index in [9.17, 15) is 9.59 Å². The summed E-state index contributed by atoms with van der Waals surface area (Å²) in [5.41, 5.74) is 2.90. The molecular weight excluding hydrogens is 356 g/mol. The van der Waals surface area contributed by atoms with Gasteiger partial charge in [-0.15, -0.1) is 22.7 Å². The summed E-state index contributed by atoms with van der Waals surface area (Å²) in [4.78, 5) is 28.5. The van der Waals surface area contributed by atoms with Crippen molar-refractivity contribution in [2.75, 3.05) is 12.4 Å². The second-order valence-corrected chi connectivity index (χ2v) is 7.48. The number of carbonyl (C=O) groups excluding carboxylic acids is 2. The fourth-order valence-electron chi connectivity index (χ4n) is 2.27. The highest BCUT2D eigenvalue weighted by Gasteiger charge is 2.11. The van der Waals surface area contributed by atoms with Crippen LogP contribution in [0.3, 0.4) is 0 Å². The summed E-state index contributed by atoms with van der Waals surface area (Å²) in [7, 11) is 1.33. The van der Waals surface area contributed by atoms with E-state index in [-0.39, 0.29) is 12.3 Å². The van der Waals surface area contributed by atoms with E-state index in [1.807, 2.05) is 36.6 Å². The van der Waals surface area contributed by atoms with E-state index < -0.39 is 5.97 Å². The van der Waals surface area contributed by atoms with Gasteiger partial charge in [0.15, 0.2) is 0 Å². The molecule has 0 unspecified atom stereocenters. The molecule has 7 heteroatoms. The Morgan fingerprint density at radius 1 is 1.16 bits per heavy atom. The van der Waals surface area contributed by atoms with Crippen LogP contribution in [0.1, 0.15) is 20.2 Å². The third-order valence-electron chi connectivity index (χ3n) is 3.49. The molecule has 0 spiro atoms. The number of rotatable bonds is 5. The van der Waals surface area contributed by atoms with Crippen LogP contribution in [0.2, 0.25) is 0 Å². The molecule has 2 aromatic heterocycles. The van der Waals surface area contributed by atoms with Crippen LogP contribution in [0.4, 0.5) is 5.00 Å². The number of benzene rings is 1. The average Bonchev–Trinajstić information content (AvgIpc) is 3.24. The van der Waals surface area contributed by atoms with Crippen LogP contribution in [0.15, 0.2) is 41.8 Å². The van der Waals surface area contributed by atoms with Crippen molar-refractivity contribution in [1.82, 2.24) is 4.98 Å². The molecule has 0 fully saturated rings. The Morgan fingerprint density at radius 3 is 2.56 bits per heavy atom. The number of aryl methyl sites for hydroxylation is 1. The topological polar surface area (TPSA) is 68.3 Å². The van der Waals surface area contributed by atoms with E-state index in [0.29, 0.717) is 9.88 Å². The second-order valence-electron chi connectivity index (χ2n) is 5.33. The number of thiophene rings is 1. The second kappa shape index (κ2) is 7.58. The van der Waals surface area contributed by atoms with Crippen LogP contribution in [0, 0.1) is 6.92 Å². The van der Waals surface area contributed by atoms with E-state index in [1.54, 1.807) is 23.5 Å². The van der Waals surface area contributed by atoms with Crippen LogP contribution in [-0.2, 0) is 16.0 Å². The summed E-state index contributed by atoms with van der Waals surface area (Å²) in [5.74, 6) is -0.533. The van der Waals surface area contributed by atoms with Gasteiger partial charge in [0.25, 0.3) is 0 Å². The minimum absolute atomic E-state index is 0.129. The smallest absolute Gasteiger partial charge is 0.348 e. The third-order valence-corrected chi connectivity index (χ3v) is 5.24. The first kappa shape index (κ1) is 17.3. The Bertz CT molecular complexity index is 897. The van der Waals surface area contributed by atoms with Crippen molar-refractivity contribution in [3.05, 3.63) is 57.2 Å². The molecule has 0 atom stereocenters. The summed E-state index contributed by atoms with van der Waals surface area (Å²) in [6.07, 6.45) is 0.266. The summed E-state index contributed by atoms with van der Waals surface area (Å²) < 4.78 is 4.65. The Balaban J connectivity index is 1.61. The highest BCUT2D eigenvalue weighted by atomic mass is 32.1. The Morgan fingerprint density at radius 2 is 1.92 bits per heavy atom. The molecule has 0 saturated carbocycles. The number of anilines is 1. The van der Waals surface area contributed by atoms with Gasteiger partial charge in [0.2, 0.25) is 5.91 Å². The van der Waals surface area contributed by atoms with E-state index >= 15 is 0 Å². The van der Waals surface area contributed by atoms with Crippen molar-refractivity contribution < 1.29 is 14.3 Å². The van der Waals surface area contributed by atoms with Gasteiger partial charge >= 0.3 is 5.97 Å². The van der Waals surface area contributed by atoms with Gasteiger partial charge in [-0.3, -0.25) is 4.79 Å². The van der Waals surface area contributed by atoms with Crippen molar-refractivity contribution in [2.24, 2.45) is 0 Å². The monoisotopic (exact) mass is 372 g/mol. The highest BCUT2D eigenvalue weighted by molar-refractivity contribution is 7.18. The molecule has 0 saturated heterocycles. The molecular formula is C18H16N2O3S2. The van der Waals surface area contributed by atoms with Gasteiger partial charge in [0, 0.05) is 10.9 Å². The zero-order chi connectivity index (χ0) is 17.8. The number of nitrogens with zero attached hydrogens (tertiary/aromatic N) is 1. The maximum Gasteiger partial charge on any atom is 0.348 e. The minimum atomic E-state index is -0.404. The summed E-state index contributed by atoms with van der Waals surface area (Å²) >= 11 is 2.81. The molecule has 0 aliphatic carbocycles. The number of aromatic nitrogens is 1. The number of amides is 1. The van der Waals surface area contributed by atoms with Crippen LogP contribution in [0.25, 0.3) is 11.3 Å². The molecule has 3 rings (SSSR count). The van der Waals surface area contributed by atoms with Crippen molar-refractivity contribution in [3.8, 4) is 11.3 Å². The van der Waals surface area contributed by atoms with Gasteiger partial charge in [0.05, 0.1) is 29.2 Å². The number of esters is 1. The molecule has 0 bridgehead atoms. The normalized spacial score (nSPS) is 10.5.